The van der Waals surface area contributed by atoms with Crippen LogP contribution in [0.25, 0.3) is 0 Å². The first-order chi connectivity index (χ1) is 13.5. The monoisotopic (exact) mass is 404 g/mol. The molecule has 0 bridgehead atoms. The number of rotatable bonds is 14. The summed E-state index contributed by atoms with van der Waals surface area (Å²) >= 11 is 1.84. The zero-order valence-electron chi connectivity index (χ0n) is 18.1. The number of ether oxygens (including phenoxy) is 1. The van der Waals surface area contributed by atoms with Crippen LogP contribution in [0.3, 0.4) is 0 Å². The Morgan fingerprint density at radius 2 is 1.61 bits per heavy atom. The summed E-state index contributed by atoms with van der Waals surface area (Å²) in [7, 11) is 1.48. The van der Waals surface area contributed by atoms with Gasteiger partial charge in [0.2, 0.25) is 0 Å². The molecule has 1 rings (SSSR count). The maximum atomic E-state index is 5.46. The average molecular weight is 405 g/mol. The molecular formula is C24H36O3S. The predicted octanol–water partition coefficient (Wildman–Crippen LogP) is 7.25. The normalized spacial score (nSPS) is 12.3. The summed E-state index contributed by atoms with van der Waals surface area (Å²) in [6, 6.07) is 8.33. The Kier molecular flexibility index (Phi) is 13.7. The summed E-state index contributed by atoms with van der Waals surface area (Å²) < 4.78 is 5.46. The maximum absolute atomic E-state index is 5.46. The molecule has 0 spiro atoms. The molecule has 1 aromatic rings. The molecular weight excluding hydrogens is 368 g/mol. The maximum Gasteiger partial charge on any atom is 0.181 e. The lowest BCUT2D eigenvalue weighted by Gasteiger charge is -2.09. The van der Waals surface area contributed by atoms with E-state index in [-0.39, 0.29) is 6.79 Å². The summed E-state index contributed by atoms with van der Waals surface area (Å²) in [5.41, 5.74) is 5.52. The lowest BCUT2D eigenvalue weighted by molar-refractivity contribution is -0.320. The molecule has 0 atom stereocenters. The second-order valence-corrected chi connectivity index (χ2v) is 8.19. The lowest BCUT2D eigenvalue weighted by Crippen LogP contribution is -2.00. The fourth-order valence-corrected chi connectivity index (χ4v) is 3.64. The van der Waals surface area contributed by atoms with Crippen molar-refractivity contribution in [2.75, 3.05) is 19.7 Å². The van der Waals surface area contributed by atoms with E-state index in [0.29, 0.717) is 6.61 Å². The molecule has 0 fully saturated rings. The molecule has 0 aliphatic rings. The van der Waals surface area contributed by atoms with Crippen molar-refractivity contribution in [3.63, 3.8) is 0 Å². The number of thioether (sulfide) groups is 1. The van der Waals surface area contributed by atoms with Gasteiger partial charge in [-0.15, -0.1) is 11.8 Å². The van der Waals surface area contributed by atoms with E-state index in [1.165, 1.54) is 34.3 Å². The Labute approximate surface area is 175 Å². The van der Waals surface area contributed by atoms with Crippen molar-refractivity contribution in [3.05, 3.63) is 64.8 Å². The van der Waals surface area contributed by atoms with Crippen LogP contribution in [-0.4, -0.2) is 19.7 Å². The van der Waals surface area contributed by atoms with E-state index in [0.717, 1.165) is 31.4 Å². The number of hydrogen-bond acceptors (Lipinski definition) is 4. The highest BCUT2D eigenvalue weighted by molar-refractivity contribution is 7.99. The molecule has 0 saturated carbocycles. The lowest BCUT2D eigenvalue weighted by atomic mass is 10.1. The molecule has 0 radical (unpaired) electrons. The van der Waals surface area contributed by atoms with Gasteiger partial charge in [-0.1, -0.05) is 53.1 Å². The van der Waals surface area contributed by atoms with Crippen molar-refractivity contribution in [3.8, 4) is 0 Å². The van der Waals surface area contributed by atoms with Gasteiger partial charge in [-0.3, -0.25) is 0 Å². The van der Waals surface area contributed by atoms with Crippen LogP contribution in [0.15, 0.2) is 64.1 Å². The van der Waals surface area contributed by atoms with Gasteiger partial charge in [0, 0.05) is 10.6 Å². The van der Waals surface area contributed by atoms with Crippen LogP contribution in [0.2, 0.25) is 0 Å². The first-order valence-corrected chi connectivity index (χ1v) is 10.9. The summed E-state index contributed by atoms with van der Waals surface area (Å²) in [5.74, 6) is 0.973. The number of hydrogen-bond donors (Lipinski definition) is 0. The third-order valence-corrected chi connectivity index (χ3v) is 5.32. The van der Waals surface area contributed by atoms with Gasteiger partial charge in [-0.05, 0) is 65.0 Å². The first kappa shape index (κ1) is 24.7. The standard InChI is InChI=1S/C24H36O3S/c1-20(2)10-8-11-21(3)12-9-13-22(4)16-17-28-24-15-7-6-14-23(24)18-26-19-27-25-5/h6-7,10,12,14-16H,8-9,11,13,17-19H2,1-5H3/b21-12+,22-16+. The molecule has 0 saturated heterocycles. The van der Waals surface area contributed by atoms with E-state index in [4.69, 9.17) is 9.62 Å². The van der Waals surface area contributed by atoms with Gasteiger partial charge in [0.05, 0.1) is 13.7 Å². The minimum atomic E-state index is 0.135. The Morgan fingerprint density at radius 3 is 2.32 bits per heavy atom. The molecule has 3 nitrogen and oxygen atoms in total. The Balaban J connectivity index is 2.37. The van der Waals surface area contributed by atoms with Gasteiger partial charge in [0.25, 0.3) is 0 Å². The van der Waals surface area contributed by atoms with Gasteiger partial charge in [-0.25, -0.2) is 9.78 Å². The molecule has 0 heterocycles. The van der Waals surface area contributed by atoms with Crippen LogP contribution in [0, 0.1) is 0 Å². The predicted molar refractivity (Wildman–Crippen MR) is 120 cm³/mol. The molecule has 0 amide bonds. The Bertz CT molecular complexity index is 643. The van der Waals surface area contributed by atoms with Gasteiger partial charge in [0.1, 0.15) is 0 Å². The van der Waals surface area contributed by atoms with Gasteiger partial charge in [-0.2, -0.15) is 0 Å². The topological polar surface area (TPSA) is 27.7 Å². The van der Waals surface area contributed by atoms with Gasteiger partial charge >= 0.3 is 0 Å². The highest BCUT2D eigenvalue weighted by Gasteiger charge is 2.02. The highest BCUT2D eigenvalue weighted by atomic mass is 32.2. The number of allylic oxidation sites excluding steroid dienone is 5. The van der Waals surface area contributed by atoms with Crippen LogP contribution in [0.5, 0.6) is 0 Å². The summed E-state index contributed by atoms with van der Waals surface area (Å²) in [6.07, 6.45) is 11.6. The van der Waals surface area contributed by atoms with Crippen molar-refractivity contribution in [1.82, 2.24) is 0 Å². The summed E-state index contributed by atoms with van der Waals surface area (Å²) in [5, 5.41) is 0. The minimum Gasteiger partial charge on any atom is -0.348 e. The largest absolute Gasteiger partial charge is 0.348 e. The quantitative estimate of drug-likeness (QED) is 0.0815. The van der Waals surface area contributed by atoms with E-state index >= 15 is 0 Å². The van der Waals surface area contributed by atoms with Crippen molar-refractivity contribution >= 4 is 11.8 Å². The fourth-order valence-electron chi connectivity index (χ4n) is 2.61. The van der Waals surface area contributed by atoms with Crippen LogP contribution in [0.1, 0.15) is 58.9 Å². The third-order valence-electron chi connectivity index (χ3n) is 4.27. The molecule has 0 unspecified atom stereocenters. The average Bonchev–Trinajstić information content (AvgIpc) is 2.66. The molecule has 0 aliphatic heterocycles. The molecule has 0 aliphatic carbocycles. The molecule has 0 N–H and O–H groups in total. The van der Waals surface area contributed by atoms with Crippen molar-refractivity contribution < 1.29 is 14.5 Å². The van der Waals surface area contributed by atoms with E-state index in [1.807, 2.05) is 17.8 Å². The molecule has 0 aromatic heterocycles. The van der Waals surface area contributed by atoms with E-state index in [1.54, 1.807) is 0 Å². The highest BCUT2D eigenvalue weighted by Crippen LogP contribution is 2.24. The summed E-state index contributed by atoms with van der Waals surface area (Å²) in [4.78, 5) is 10.5. The smallest absolute Gasteiger partial charge is 0.181 e. The van der Waals surface area contributed by atoms with E-state index < -0.39 is 0 Å². The number of benzene rings is 1. The zero-order valence-corrected chi connectivity index (χ0v) is 18.9. The second kappa shape index (κ2) is 15.6. The molecule has 1 aromatic carbocycles. The zero-order chi connectivity index (χ0) is 20.6. The van der Waals surface area contributed by atoms with Crippen molar-refractivity contribution in [2.45, 2.75) is 64.9 Å². The molecule has 4 heteroatoms. The van der Waals surface area contributed by atoms with Gasteiger partial charge < -0.3 is 4.74 Å². The van der Waals surface area contributed by atoms with Crippen molar-refractivity contribution in [2.24, 2.45) is 0 Å². The van der Waals surface area contributed by atoms with Gasteiger partial charge in [0.15, 0.2) is 6.79 Å². The van der Waals surface area contributed by atoms with Crippen LogP contribution in [-0.2, 0) is 21.1 Å². The third kappa shape index (κ3) is 12.2. The molecule has 156 valence electrons. The van der Waals surface area contributed by atoms with Crippen LogP contribution < -0.4 is 0 Å². The second-order valence-electron chi connectivity index (χ2n) is 7.13. The van der Waals surface area contributed by atoms with E-state index in [9.17, 15) is 0 Å². The Hall–Kier alpha value is -1.33. The van der Waals surface area contributed by atoms with E-state index in [2.05, 4.69) is 69.0 Å². The SMILES string of the molecule is COOCOCc1ccccc1SC/C=C(\C)CC/C=C(\C)CCC=C(C)C. The minimum absolute atomic E-state index is 0.135. The Morgan fingerprint density at radius 1 is 0.929 bits per heavy atom. The molecule has 28 heavy (non-hydrogen) atoms. The van der Waals surface area contributed by atoms with Crippen LogP contribution >= 0.6 is 11.8 Å². The van der Waals surface area contributed by atoms with Crippen LogP contribution in [0.4, 0.5) is 0 Å². The van der Waals surface area contributed by atoms with Crippen molar-refractivity contribution in [1.29, 1.82) is 0 Å². The first-order valence-electron chi connectivity index (χ1n) is 9.91. The fraction of sp³-hybridized carbons (Fsp3) is 0.500. The summed E-state index contributed by atoms with van der Waals surface area (Å²) in [6.45, 7) is 9.44.